The highest BCUT2D eigenvalue weighted by atomic mass is 16.3. The first-order valence-corrected chi connectivity index (χ1v) is 5.58. The molecule has 1 N–H and O–H groups in total. The largest absolute Gasteiger partial charge is 0.389 e. The van der Waals surface area contributed by atoms with Gasteiger partial charge in [-0.25, -0.2) is 0 Å². The summed E-state index contributed by atoms with van der Waals surface area (Å²) in [6.45, 7) is 2.10. The Hall–Kier alpha value is -1.41. The van der Waals surface area contributed by atoms with Crippen molar-refractivity contribution >= 4 is 6.29 Å². The fourth-order valence-electron chi connectivity index (χ4n) is 1.05. The van der Waals surface area contributed by atoms with Gasteiger partial charge in [-0.3, -0.25) is 4.79 Å². The van der Waals surface area contributed by atoms with Crippen LogP contribution < -0.4 is 0 Å². The molecule has 0 amide bonds. The van der Waals surface area contributed by atoms with Crippen LogP contribution >= 0.6 is 0 Å². The number of carbonyl (C=O) groups is 1. The van der Waals surface area contributed by atoms with Crippen molar-refractivity contribution in [2.45, 2.75) is 32.3 Å². The second-order valence-corrected chi connectivity index (χ2v) is 3.30. The van der Waals surface area contributed by atoms with Gasteiger partial charge in [0.05, 0.1) is 6.10 Å². The lowest BCUT2D eigenvalue weighted by molar-refractivity contribution is -0.104. The smallest absolute Gasteiger partial charge is 0.142 e. The molecule has 0 radical (unpaired) electrons. The van der Waals surface area contributed by atoms with Crippen LogP contribution in [0, 0.1) is 0 Å². The molecular formula is C14H20O2. The fraction of sp³-hybridized carbons (Fsp3) is 0.357. The molecule has 2 nitrogen and oxygen atoms in total. The zero-order chi connectivity index (χ0) is 12.1. The summed E-state index contributed by atoms with van der Waals surface area (Å²) in [7, 11) is 0. The van der Waals surface area contributed by atoms with Gasteiger partial charge in [0.2, 0.25) is 0 Å². The second-order valence-electron chi connectivity index (χ2n) is 3.30. The van der Waals surface area contributed by atoms with E-state index < -0.39 is 6.10 Å². The maximum Gasteiger partial charge on any atom is 0.142 e. The summed E-state index contributed by atoms with van der Waals surface area (Å²) in [6.07, 6.45) is 17.3. The van der Waals surface area contributed by atoms with E-state index in [1.54, 1.807) is 18.2 Å². The number of carbonyl (C=O) groups excluding carboxylic acids is 1. The van der Waals surface area contributed by atoms with Crippen molar-refractivity contribution in [3.63, 3.8) is 0 Å². The quantitative estimate of drug-likeness (QED) is 0.295. The lowest BCUT2D eigenvalue weighted by Crippen LogP contribution is -1.98. The summed E-state index contributed by atoms with van der Waals surface area (Å²) < 4.78 is 0. The van der Waals surface area contributed by atoms with Gasteiger partial charge >= 0.3 is 0 Å². The Morgan fingerprint density at radius 3 is 2.50 bits per heavy atom. The molecule has 0 aliphatic rings. The van der Waals surface area contributed by atoms with Crippen LogP contribution in [0.15, 0.2) is 48.6 Å². The highest BCUT2D eigenvalue weighted by Gasteiger charge is 1.92. The number of allylic oxidation sites excluding steroid dienone is 6. The average molecular weight is 220 g/mol. The number of aliphatic hydroxyl groups is 1. The topological polar surface area (TPSA) is 37.3 Å². The zero-order valence-electron chi connectivity index (χ0n) is 9.75. The molecule has 1 atom stereocenters. The molecule has 0 spiro atoms. The highest BCUT2D eigenvalue weighted by Crippen LogP contribution is 1.97. The van der Waals surface area contributed by atoms with E-state index in [-0.39, 0.29) is 0 Å². The predicted molar refractivity (Wildman–Crippen MR) is 68.2 cm³/mol. The molecule has 0 saturated heterocycles. The van der Waals surface area contributed by atoms with E-state index >= 15 is 0 Å². The van der Waals surface area contributed by atoms with Crippen LogP contribution in [0.25, 0.3) is 0 Å². The van der Waals surface area contributed by atoms with Gasteiger partial charge in [0.15, 0.2) is 0 Å². The minimum Gasteiger partial charge on any atom is -0.389 e. The predicted octanol–water partition coefficient (Wildman–Crippen LogP) is 2.96. The third-order valence-electron chi connectivity index (χ3n) is 1.85. The fourth-order valence-corrected chi connectivity index (χ4v) is 1.05. The van der Waals surface area contributed by atoms with Crippen molar-refractivity contribution in [2.24, 2.45) is 0 Å². The molecule has 0 aliphatic heterocycles. The molecular weight excluding hydrogens is 200 g/mol. The summed E-state index contributed by atoms with van der Waals surface area (Å²) in [5.41, 5.74) is 0. The van der Waals surface area contributed by atoms with Gasteiger partial charge in [-0.05, 0) is 25.3 Å². The van der Waals surface area contributed by atoms with E-state index in [0.717, 1.165) is 12.8 Å². The van der Waals surface area contributed by atoms with Gasteiger partial charge in [-0.2, -0.15) is 0 Å². The van der Waals surface area contributed by atoms with E-state index in [4.69, 9.17) is 0 Å². The normalized spacial score (nSPS) is 14.6. The Labute approximate surface area is 97.7 Å². The van der Waals surface area contributed by atoms with E-state index in [2.05, 4.69) is 19.1 Å². The summed E-state index contributed by atoms with van der Waals surface area (Å²) in [6, 6.07) is 0. The average Bonchev–Trinajstić information content (AvgIpc) is 2.29. The second kappa shape index (κ2) is 11.7. The SMILES string of the molecule is CC/C=C\C/C=C\C[C@@H](O)/C=C/C=C/C=O. The highest BCUT2D eigenvalue weighted by molar-refractivity contribution is 5.65. The molecule has 0 aliphatic carbocycles. The number of hydrogen-bond donors (Lipinski definition) is 1. The van der Waals surface area contributed by atoms with Crippen molar-refractivity contribution in [3.8, 4) is 0 Å². The number of aliphatic hydroxyl groups excluding tert-OH is 1. The van der Waals surface area contributed by atoms with E-state index in [1.165, 1.54) is 6.08 Å². The Morgan fingerprint density at radius 1 is 1.06 bits per heavy atom. The summed E-state index contributed by atoms with van der Waals surface area (Å²) in [5.74, 6) is 0. The van der Waals surface area contributed by atoms with Crippen LogP contribution in [0.4, 0.5) is 0 Å². The Morgan fingerprint density at radius 2 is 1.81 bits per heavy atom. The van der Waals surface area contributed by atoms with Crippen LogP contribution in [0.3, 0.4) is 0 Å². The maximum atomic E-state index is 9.95. The molecule has 0 aromatic rings. The molecule has 0 bridgehead atoms. The standard InChI is InChI=1S/C14H20O2/c1-2-3-4-5-6-8-11-14(16)12-9-7-10-13-15/h3-4,6-10,12-14,16H,2,5,11H2,1H3/b4-3-,8-6-,10-7+,12-9+/t14-/m1/s1. The third kappa shape index (κ3) is 10.7. The molecule has 0 heterocycles. The van der Waals surface area contributed by atoms with Gasteiger partial charge in [0.25, 0.3) is 0 Å². The third-order valence-corrected chi connectivity index (χ3v) is 1.85. The van der Waals surface area contributed by atoms with Crippen molar-refractivity contribution < 1.29 is 9.90 Å². The molecule has 0 rings (SSSR count). The first-order valence-electron chi connectivity index (χ1n) is 5.58. The van der Waals surface area contributed by atoms with E-state index in [9.17, 15) is 9.90 Å². The van der Waals surface area contributed by atoms with Crippen LogP contribution in [0.5, 0.6) is 0 Å². The first kappa shape index (κ1) is 14.6. The zero-order valence-corrected chi connectivity index (χ0v) is 9.75. The first-order chi connectivity index (χ1) is 7.81. The van der Waals surface area contributed by atoms with Gasteiger partial charge in [0, 0.05) is 0 Å². The monoisotopic (exact) mass is 220 g/mol. The Bertz CT molecular complexity index is 272. The molecule has 88 valence electrons. The van der Waals surface area contributed by atoms with E-state index in [1.807, 2.05) is 12.2 Å². The number of rotatable bonds is 8. The molecule has 0 fully saturated rings. The lowest BCUT2D eigenvalue weighted by atomic mass is 10.2. The minimum atomic E-state index is -0.484. The molecule has 0 saturated carbocycles. The maximum absolute atomic E-state index is 9.95. The van der Waals surface area contributed by atoms with Crippen LogP contribution in [-0.2, 0) is 4.79 Å². The molecule has 0 aromatic heterocycles. The summed E-state index contributed by atoms with van der Waals surface area (Å²) >= 11 is 0. The summed E-state index contributed by atoms with van der Waals surface area (Å²) in [4.78, 5) is 9.95. The molecule has 0 unspecified atom stereocenters. The Balaban J connectivity index is 3.67. The molecule has 2 heteroatoms. The minimum absolute atomic E-state index is 0.484. The van der Waals surface area contributed by atoms with Crippen molar-refractivity contribution in [1.29, 1.82) is 0 Å². The van der Waals surface area contributed by atoms with Gasteiger partial charge in [-0.15, -0.1) is 0 Å². The summed E-state index contributed by atoms with van der Waals surface area (Å²) in [5, 5.41) is 9.47. The van der Waals surface area contributed by atoms with Crippen molar-refractivity contribution in [1.82, 2.24) is 0 Å². The van der Waals surface area contributed by atoms with Crippen molar-refractivity contribution in [3.05, 3.63) is 48.6 Å². The van der Waals surface area contributed by atoms with Gasteiger partial charge in [-0.1, -0.05) is 49.5 Å². The number of hydrogen-bond acceptors (Lipinski definition) is 2. The van der Waals surface area contributed by atoms with Crippen LogP contribution in [0.1, 0.15) is 26.2 Å². The van der Waals surface area contributed by atoms with Crippen LogP contribution in [-0.4, -0.2) is 17.5 Å². The van der Waals surface area contributed by atoms with Crippen molar-refractivity contribution in [2.75, 3.05) is 0 Å². The lowest BCUT2D eigenvalue weighted by Gasteiger charge is -1.98. The molecule has 0 aromatic carbocycles. The van der Waals surface area contributed by atoms with E-state index in [0.29, 0.717) is 12.7 Å². The van der Waals surface area contributed by atoms with Gasteiger partial charge in [0.1, 0.15) is 6.29 Å². The molecule has 16 heavy (non-hydrogen) atoms. The Kier molecular flexibility index (Phi) is 10.6. The van der Waals surface area contributed by atoms with Gasteiger partial charge < -0.3 is 5.11 Å². The van der Waals surface area contributed by atoms with Crippen LogP contribution in [0.2, 0.25) is 0 Å². The number of aldehydes is 1.